The van der Waals surface area contributed by atoms with E-state index < -0.39 is 5.91 Å². The second-order valence-corrected chi connectivity index (χ2v) is 6.11. The number of pyridine rings is 1. The highest BCUT2D eigenvalue weighted by atomic mass is 35.5. The van der Waals surface area contributed by atoms with Crippen LogP contribution in [0.4, 0.5) is 0 Å². The smallest absolute Gasteiger partial charge is 0.277 e. The maximum absolute atomic E-state index is 11.9. The van der Waals surface area contributed by atoms with Crippen molar-refractivity contribution in [3.05, 3.63) is 64.8 Å². The van der Waals surface area contributed by atoms with Crippen LogP contribution in [0.1, 0.15) is 11.1 Å². The number of benzene rings is 2. The number of nitrogens with one attached hydrogen (secondary N) is 1. The summed E-state index contributed by atoms with van der Waals surface area (Å²) in [5.74, 6) is 0.632. The Morgan fingerprint density at radius 1 is 1.22 bits per heavy atom. The number of carbonyl (C=O) groups is 1. The quantitative estimate of drug-likeness (QED) is 0.400. The predicted molar refractivity (Wildman–Crippen MR) is 106 cm³/mol. The van der Waals surface area contributed by atoms with E-state index in [9.17, 15) is 4.79 Å². The maximum Gasteiger partial charge on any atom is 0.277 e. The van der Waals surface area contributed by atoms with Crippen LogP contribution < -0.4 is 14.9 Å². The Balaban J connectivity index is 1.62. The van der Waals surface area contributed by atoms with E-state index >= 15 is 0 Å². The van der Waals surface area contributed by atoms with Crippen molar-refractivity contribution in [1.82, 2.24) is 10.4 Å². The summed E-state index contributed by atoms with van der Waals surface area (Å²) in [4.78, 5) is 16.3. The molecule has 3 aromatic rings. The average molecular weight is 384 g/mol. The molecule has 0 radical (unpaired) electrons. The van der Waals surface area contributed by atoms with E-state index in [-0.39, 0.29) is 6.61 Å². The minimum atomic E-state index is -0.405. The number of methoxy groups -OCH3 is 1. The molecule has 0 fully saturated rings. The zero-order chi connectivity index (χ0) is 19.2. The highest BCUT2D eigenvalue weighted by Crippen LogP contribution is 2.25. The molecule has 138 valence electrons. The van der Waals surface area contributed by atoms with Crippen molar-refractivity contribution >= 4 is 34.6 Å². The minimum absolute atomic E-state index is 0.194. The Bertz CT molecular complexity index is 1000. The summed E-state index contributed by atoms with van der Waals surface area (Å²) in [5.41, 5.74) is 4.90. The molecular formula is C20H18ClN3O3. The highest BCUT2D eigenvalue weighted by Gasteiger charge is 2.07. The molecule has 0 aliphatic carbocycles. The van der Waals surface area contributed by atoms with E-state index in [2.05, 4.69) is 15.5 Å². The van der Waals surface area contributed by atoms with Crippen LogP contribution in [0.25, 0.3) is 10.9 Å². The largest absolute Gasteiger partial charge is 0.493 e. The molecule has 1 amide bonds. The number of hydrazone groups is 1. The van der Waals surface area contributed by atoms with Crippen molar-refractivity contribution < 1.29 is 14.3 Å². The molecule has 2 aromatic carbocycles. The Kier molecular flexibility index (Phi) is 5.88. The zero-order valence-electron chi connectivity index (χ0n) is 14.9. The molecular weight excluding hydrogens is 366 g/mol. The molecule has 0 saturated heterocycles. The number of fused-ring (bicyclic) bond motifs is 1. The molecule has 3 rings (SSSR count). The molecule has 7 heteroatoms. The average Bonchev–Trinajstić information content (AvgIpc) is 2.68. The zero-order valence-corrected chi connectivity index (χ0v) is 15.7. The van der Waals surface area contributed by atoms with Gasteiger partial charge in [-0.2, -0.15) is 5.10 Å². The molecule has 0 unspecified atom stereocenters. The number of hydrogen-bond acceptors (Lipinski definition) is 5. The van der Waals surface area contributed by atoms with E-state index in [0.717, 1.165) is 16.5 Å². The van der Waals surface area contributed by atoms with E-state index in [1.54, 1.807) is 18.2 Å². The second kappa shape index (κ2) is 8.51. The third-order valence-electron chi connectivity index (χ3n) is 3.85. The van der Waals surface area contributed by atoms with Crippen LogP contribution in [0.2, 0.25) is 5.15 Å². The Morgan fingerprint density at radius 3 is 2.78 bits per heavy atom. The second-order valence-electron chi connectivity index (χ2n) is 5.75. The summed E-state index contributed by atoms with van der Waals surface area (Å²) in [6, 6.07) is 14.8. The fraction of sp³-hybridized carbons (Fsp3) is 0.150. The molecule has 0 aliphatic rings. The lowest BCUT2D eigenvalue weighted by atomic mass is 10.1. The molecule has 0 spiro atoms. The standard InChI is InChI=1S/C20H18ClN3O3/c1-13-6-5-7-14-10-15(20(21)23-19(13)14)11-22-24-18(25)12-27-17-9-4-3-8-16(17)26-2/h3-11H,12H2,1-2H3,(H,24,25). The first-order valence-electron chi connectivity index (χ1n) is 8.22. The van der Waals surface area contributed by atoms with Crippen molar-refractivity contribution in [3.63, 3.8) is 0 Å². The molecule has 6 nitrogen and oxygen atoms in total. The molecule has 27 heavy (non-hydrogen) atoms. The first-order chi connectivity index (χ1) is 13.1. The number of carbonyl (C=O) groups excluding carboxylic acids is 1. The van der Waals surface area contributed by atoms with Gasteiger partial charge < -0.3 is 9.47 Å². The third-order valence-corrected chi connectivity index (χ3v) is 4.15. The minimum Gasteiger partial charge on any atom is -0.493 e. The predicted octanol–water partition coefficient (Wildman–Crippen LogP) is 3.73. The number of hydrogen-bond donors (Lipinski definition) is 1. The molecule has 0 saturated carbocycles. The summed E-state index contributed by atoms with van der Waals surface area (Å²) >= 11 is 6.21. The first kappa shape index (κ1) is 18.7. The van der Waals surface area contributed by atoms with Gasteiger partial charge in [0, 0.05) is 10.9 Å². The third kappa shape index (κ3) is 4.54. The topological polar surface area (TPSA) is 72.8 Å². The van der Waals surface area contributed by atoms with E-state index in [0.29, 0.717) is 22.2 Å². The van der Waals surface area contributed by atoms with Crippen molar-refractivity contribution in [3.8, 4) is 11.5 Å². The Labute approximate surface area is 161 Å². The number of aryl methyl sites for hydroxylation is 1. The number of nitrogens with zero attached hydrogens (tertiary/aromatic N) is 2. The monoisotopic (exact) mass is 383 g/mol. The lowest BCUT2D eigenvalue weighted by Gasteiger charge is -2.09. The summed E-state index contributed by atoms with van der Waals surface area (Å²) in [7, 11) is 1.54. The normalized spacial score (nSPS) is 10.9. The molecule has 1 heterocycles. The van der Waals surface area contributed by atoms with Gasteiger partial charge in [-0.25, -0.2) is 10.4 Å². The van der Waals surface area contributed by atoms with Crippen LogP contribution in [-0.2, 0) is 4.79 Å². The van der Waals surface area contributed by atoms with E-state index in [1.807, 2.05) is 37.3 Å². The van der Waals surface area contributed by atoms with Crippen molar-refractivity contribution in [1.29, 1.82) is 0 Å². The Morgan fingerprint density at radius 2 is 2.00 bits per heavy atom. The van der Waals surface area contributed by atoms with Gasteiger partial charge in [0.25, 0.3) is 5.91 Å². The fourth-order valence-corrected chi connectivity index (χ4v) is 2.71. The van der Waals surface area contributed by atoms with Gasteiger partial charge in [0.1, 0.15) is 5.15 Å². The number of para-hydroxylation sites is 3. The number of aromatic nitrogens is 1. The number of halogens is 1. The van der Waals surface area contributed by atoms with Gasteiger partial charge in [0.15, 0.2) is 18.1 Å². The van der Waals surface area contributed by atoms with Gasteiger partial charge in [0.2, 0.25) is 0 Å². The van der Waals surface area contributed by atoms with Crippen LogP contribution >= 0.6 is 11.6 Å². The van der Waals surface area contributed by atoms with Crippen LogP contribution in [0.5, 0.6) is 11.5 Å². The Hall–Kier alpha value is -3.12. The number of rotatable bonds is 6. The van der Waals surface area contributed by atoms with Crippen molar-refractivity contribution in [2.24, 2.45) is 5.10 Å². The summed E-state index contributed by atoms with van der Waals surface area (Å²) in [6.07, 6.45) is 1.46. The lowest BCUT2D eigenvalue weighted by molar-refractivity contribution is -0.123. The summed E-state index contributed by atoms with van der Waals surface area (Å²) in [6.45, 7) is 1.78. The fourth-order valence-electron chi connectivity index (χ4n) is 2.52. The van der Waals surface area contributed by atoms with Crippen LogP contribution in [0.3, 0.4) is 0 Å². The first-order valence-corrected chi connectivity index (χ1v) is 8.60. The molecule has 1 N–H and O–H groups in total. The number of amides is 1. The summed E-state index contributed by atoms with van der Waals surface area (Å²) in [5, 5.41) is 5.20. The maximum atomic E-state index is 11.9. The van der Waals surface area contributed by atoms with Gasteiger partial charge in [-0.15, -0.1) is 0 Å². The number of ether oxygens (including phenoxy) is 2. The SMILES string of the molecule is COc1ccccc1OCC(=O)NN=Cc1cc2cccc(C)c2nc1Cl. The van der Waals surface area contributed by atoms with Gasteiger partial charge in [-0.05, 0) is 30.7 Å². The van der Waals surface area contributed by atoms with Crippen molar-refractivity contribution in [2.45, 2.75) is 6.92 Å². The van der Waals surface area contributed by atoms with E-state index in [4.69, 9.17) is 21.1 Å². The van der Waals surface area contributed by atoms with Crippen LogP contribution in [0.15, 0.2) is 53.6 Å². The highest BCUT2D eigenvalue weighted by molar-refractivity contribution is 6.32. The lowest BCUT2D eigenvalue weighted by Crippen LogP contribution is -2.24. The van der Waals surface area contributed by atoms with Crippen LogP contribution in [-0.4, -0.2) is 30.8 Å². The van der Waals surface area contributed by atoms with Crippen molar-refractivity contribution in [2.75, 3.05) is 13.7 Å². The molecule has 0 atom stereocenters. The summed E-state index contributed by atoms with van der Waals surface area (Å²) < 4.78 is 10.6. The molecule has 1 aromatic heterocycles. The molecule has 0 bridgehead atoms. The van der Waals surface area contributed by atoms with Gasteiger partial charge in [-0.3, -0.25) is 4.79 Å². The molecule has 0 aliphatic heterocycles. The van der Waals surface area contributed by atoms with Gasteiger partial charge >= 0.3 is 0 Å². The van der Waals surface area contributed by atoms with Gasteiger partial charge in [0.05, 0.1) is 18.8 Å². The van der Waals surface area contributed by atoms with E-state index in [1.165, 1.54) is 13.3 Å². The van der Waals surface area contributed by atoms with Crippen LogP contribution in [0, 0.1) is 6.92 Å². The van der Waals surface area contributed by atoms with Gasteiger partial charge in [-0.1, -0.05) is 41.9 Å².